The van der Waals surface area contributed by atoms with Crippen molar-refractivity contribution in [1.29, 1.82) is 5.26 Å². The molecule has 0 saturated heterocycles. The topological polar surface area (TPSA) is 80.0 Å². The predicted molar refractivity (Wildman–Crippen MR) is 88.8 cm³/mol. The van der Waals surface area contributed by atoms with Crippen LogP contribution in [0.5, 0.6) is 5.75 Å². The Bertz CT molecular complexity index is 778. The molecule has 5 nitrogen and oxygen atoms in total. The molecule has 0 atom stereocenters. The standard InChI is InChI=1S/C17H16F2N2O.O2S/c1-3-13-8-12(9-20)4-6-15(13)16-7-5-14(10-21-16)22-11-17(2,18)19;1-3-2/h4-8,10H,3,11H2,1-2H3;. The number of aryl methyl sites for hydroxylation is 1. The molecule has 2 aromatic rings. The minimum atomic E-state index is -2.87. The summed E-state index contributed by atoms with van der Waals surface area (Å²) in [4.78, 5) is 4.26. The van der Waals surface area contributed by atoms with E-state index >= 15 is 0 Å². The largest absolute Gasteiger partial charge is 0.486 e. The van der Waals surface area contributed by atoms with Gasteiger partial charge in [0.05, 0.1) is 23.5 Å². The number of nitriles is 1. The number of benzene rings is 1. The maximum absolute atomic E-state index is 12.8. The number of ether oxygens (including phenoxy) is 1. The summed E-state index contributed by atoms with van der Waals surface area (Å²) < 4.78 is 47.1. The lowest BCUT2D eigenvalue weighted by molar-refractivity contribution is -0.0230. The highest BCUT2D eigenvalue weighted by atomic mass is 32.1. The number of pyridine rings is 1. The SMILES string of the molecule is CCc1cc(C#N)ccc1-c1ccc(OCC(C)(F)F)cn1.O=S=O. The molecule has 1 aromatic carbocycles. The van der Waals surface area contributed by atoms with E-state index in [9.17, 15) is 8.78 Å². The van der Waals surface area contributed by atoms with Crippen LogP contribution in [0.4, 0.5) is 8.78 Å². The normalized spacial score (nSPS) is 10.2. The lowest BCUT2D eigenvalue weighted by Gasteiger charge is -2.12. The first-order valence-corrected chi connectivity index (χ1v) is 7.93. The average molecular weight is 366 g/mol. The average Bonchev–Trinajstić information content (AvgIpc) is 2.60. The number of halogens is 2. The molecule has 0 bridgehead atoms. The Labute approximate surface area is 147 Å². The molecule has 1 heterocycles. The predicted octanol–water partition coefficient (Wildman–Crippen LogP) is 3.55. The Morgan fingerprint density at radius 1 is 1.28 bits per heavy atom. The first-order chi connectivity index (χ1) is 11.8. The number of hydrogen-bond donors (Lipinski definition) is 0. The van der Waals surface area contributed by atoms with E-state index in [1.807, 2.05) is 19.1 Å². The zero-order valence-electron chi connectivity index (χ0n) is 13.7. The van der Waals surface area contributed by atoms with Crippen LogP contribution in [0.3, 0.4) is 0 Å². The second-order valence-corrected chi connectivity index (χ2v) is 5.28. The molecule has 132 valence electrons. The molecule has 0 fully saturated rings. The Morgan fingerprint density at radius 3 is 2.44 bits per heavy atom. The van der Waals surface area contributed by atoms with Crippen molar-refractivity contribution in [3.63, 3.8) is 0 Å². The van der Waals surface area contributed by atoms with Gasteiger partial charge in [-0.25, -0.2) is 8.78 Å². The van der Waals surface area contributed by atoms with E-state index in [-0.39, 0.29) is 0 Å². The summed E-state index contributed by atoms with van der Waals surface area (Å²) in [5, 5.41) is 8.94. The van der Waals surface area contributed by atoms with E-state index in [1.54, 1.807) is 18.2 Å². The lowest BCUT2D eigenvalue weighted by Crippen LogP contribution is -2.20. The smallest absolute Gasteiger partial charge is 0.335 e. The van der Waals surface area contributed by atoms with Crippen molar-refractivity contribution in [2.24, 2.45) is 0 Å². The Kier molecular flexibility index (Phi) is 7.82. The van der Waals surface area contributed by atoms with Crippen LogP contribution >= 0.6 is 0 Å². The maximum atomic E-state index is 12.8. The van der Waals surface area contributed by atoms with Gasteiger partial charge in [-0.15, -0.1) is 0 Å². The van der Waals surface area contributed by atoms with Gasteiger partial charge in [-0.3, -0.25) is 4.98 Å². The van der Waals surface area contributed by atoms with Gasteiger partial charge in [0.15, 0.2) is 6.61 Å². The molecule has 1 aromatic heterocycles. The molecule has 25 heavy (non-hydrogen) atoms. The molecule has 0 radical (unpaired) electrons. The molecule has 0 aliphatic heterocycles. The summed E-state index contributed by atoms with van der Waals surface area (Å²) in [5.41, 5.74) is 3.26. The first kappa shape index (κ1) is 20.4. The van der Waals surface area contributed by atoms with Crippen LogP contribution in [-0.2, 0) is 18.0 Å². The van der Waals surface area contributed by atoms with Crippen molar-refractivity contribution in [1.82, 2.24) is 4.98 Å². The van der Waals surface area contributed by atoms with Crippen molar-refractivity contribution in [3.8, 4) is 23.1 Å². The van der Waals surface area contributed by atoms with E-state index in [1.165, 1.54) is 6.20 Å². The fourth-order valence-electron chi connectivity index (χ4n) is 2.04. The van der Waals surface area contributed by atoms with Crippen molar-refractivity contribution in [3.05, 3.63) is 47.7 Å². The molecule has 0 aliphatic rings. The number of aromatic nitrogens is 1. The van der Waals surface area contributed by atoms with Gasteiger partial charge in [0.1, 0.15) is 5.75 Å². The molecule has 2 rings (SSSR count). The summed E-state index contributed by atoms with van der Waals surface area (Å²) >= 11 is -0.750. The van der Waals surface area contributed by atoms with Gasteiger partial charge in [0.25, 0.3) is 5.92 Å². The third-order valence-corrected chi connectivity index (χ3v) is 3.12. The Morgan fingerprint density at radius 2 is 1.96 bits per heavy atom. The molecule has 0 aliphatic carbocycles. The van der Waals surface area contributed by atoms with Gasteiger partial charge in [0.2, 0.25) is 0 Å². The molecule has 8 heteroatoms. The first-order valence-electron chi connectivity index (χ1n) is 7.26. The van der Waals surface area contributed by atoms with Crippen LogP contribution in [0.2, 0.25) is 0 Å². The third kappa shape index (κ3) is 6.77. The van der Waals surface area contributed by atoms with Crippen LogP contribution in [0, 0.1) is 11.3 Å². The molecule has 0 unspecified atom stereocenters. The quantitative estimate of drug-likeness (QED) is 0.808. The second kappa shape index (κ2) is 9.59. The second-order valence-electron chi connectivity index (χ2n) is 5.14. The molecule has 0 amide bonds. The summed E-state index contributed by atoms with van der Waals surface area (Å²) in [7, 11) is 0. The van der Waals surface area contributed by atoms with Crippen LogP contribution in [0.1, 0.15) is 25.0 Å². The zero-order chi connectivity index (χ0) is 18.9. The number of alkyl halides is 2. The van der Waals surface area contributed by atoms with Gasteiger partial charge in [-0.1, -0.05) is 13.0 Å². The van der Waals surface area contributed by atoms with Gasteiger partial charge < -0.3 is 4.74 Å². The lowest BCUT2D eigenvalue weighted by atomic mass is 9.99. The Hall–Kier alpha value is -2.66. The summed E-state index contributed by atoms with van der Waals surface area (Å²) in [6.07, 6.45) is 2.20. The maximum Gasteiger partial charge on any atom is 0.335 e. The van der Waals surface area contributed by atoms with Crippen molar-refractivity contribution >= 4 is 11.6 Å². The monoisotopic (exact) mass is 366 g/mol. The van der Waals surface area contributed by atoms with Gasteiger partial charge in [-0.05, 0) is 36.2 Å². The van der Waals surface area contributed by atoms with E-state index in [2.05, 4.69) is 11.1 Å². The number of hydrogen-bond acceptors (Lipinski definition) is 5. The Balaban J connectivity index is 0.000000970. The van der Waals surface area contributed by atoms with Crippen molar-refractivity contribution in [2.45, 2.75) is 26.2 Å². The molecular weight excluding hydrogens is 350 g/mol. The van der Waals surface area contributed by atoms with Crippen LogP contribution in [-0.4, -0.2) is 25.9 Å². The third-order valence-electron chi connectivity index (χ3n) is 3.12. The van der Waals surface area contributed by atoms with Crippen molar-refractivity contribution < 1.29 is 21.9 Å². The fraction of sp³-hybridized carbons (Fsp3) is 0.294. The highest BCUT2D eigenvalue weighted by Gasteiger charge is 2.22. The number of rotatable bonds is 5. The van der Waals surface area contributed by atoms with E-state index in [0.717, 1.165) is 30.2 Å². The fourth-order valence-corrected chi connectivity index (χ4v) is 2.04. The van der Waals surface area contributed by atoms with E-state index < -0.39 is 24.1 Å². The molecular formula is C17H16F2N2O3S. The zero-order valence-corrected chi connectivity index (χ0v) is 14.5. The summed E-state index contributed by atoms with van der Waals surface area (Å²) in [6, 6.07) is 10.9. The molecule has 0 saturated carbocycles. The highest BCUT2D eigenvalue weighted by Crippen LogP contribution is 2.25. The van der Waals surface area contributed by atoms with Gasteiger partial charge in [0, 0.05) is 12.5 Å². The van der Waals surface area contributed by atoms with Crippen LogP contribution < -0.4 is 4.74 Å². The van der Waals surface area contributed by atoms with Crippen LogP contribution in [0.25, 0.3) is 11.3 Å². The minimum absolute atomic E-state index is 0.303. The van der Waals surface area contributed by atoms with Gasteiger partial charge >= 0.3 is 11.6 Å². The molecule has 0 N–H and O–H groups in total. The summed E-state index contributed by atoms with van der Waals surface area (Å²) in [6.45, 7) is 2.13. The van der Waals surface area contributed by atoms with E-state index in [4.69, 9.17) is 18.4 Å². The van der Waals surface area contributed by atoms with E-state index in [0.29, 0.717) is 11.3 Å². The van der Waals surface area contributed by atoms with Crippen molar-refractivity contribution in [2.75, 3.05) is 6.61 Å². The number of nitrogens with zero attached hydrogens (tertiary/aromatic N) is 2. The minimum Gasteiger partial charge on any atom is -0.486 e. The highest BCUT2D eigenvalue weighted by molar-refractivity contribution is 7.51. The van der Waals surface area contributed by atoms with Crippen LogP contribution in [0.15, 0.2) is 36.5 Å². The summed E-state index contributed by atoms with van der Waals surface area (Å²) in [5.74, 6) is -2.57. The molecule has 0 spiro atoms. The van der Waals surface area contributed by atoms with Gasteiger partial charge in [-0.2, -0.15) is 13.7 Å².